The van der Waals surface area contributed by atoms with Crippen LogP contribution in [0, 0.1) is 12.8 Å². The SMILES string of the molecule is Cc1cc([C@@H](C(=O)N2C[C@H](O)C[C@H]2C2=NOC3(CCCC3)N2)C(C)C)on1. The summed E-state index contributed by atoms with van der Waals surface area (Å²) in [6.45, 7) is 6.11. The third-order valence-electron chi connectivity index (χ3n) is 5.85. The van der Waals surface area contributed by atoms with Crippen LogP contribution in [-0.4, -0.2) is 51.3 Å². The summed E-state index contributed by atoms with van der Waals surface area (Å²) in [5.74, 6) is 0.747. The molecule has 0 bridgehead atoms. The molecule has 1 saturated heterocycles. The molecule has 3 heterocycles. The zero-order valence-corrected chi connectivity index (χ0v) is 16.1. The van der Waals surface area contributed by atoms with Gasteiger partial charge in [0, 0.05) is 31.9 Å². The lowest BCUT2D eigenvalue weighted by atomic mass is 9.91. The van der Waals surface area contributed by atoms with Crippen molar-refractivity contribution in [1.29, 1.82) is 0 Å². The summed E-state index contributed by atoms with van der Waals surface area (Å²) in [4.78, 5) is 20.9. The first-order chi connectivity index (χ1) is 12.9. The van der Waals surface area contributed by atoms with E-state index in [1.807, 2.05) is 26.8 Å². The van der Waals surface area contributed by atoms with Crippen molar-refractivity contribution < 1.29 is 19.3 Å². The van der Waals surface area contributed by atoms with E-state index in [2.05, 4.69) is 15.6 Å². The minimum atomic E-state index is -0.576. The first kappa shape index (κ1) is 18.3. The molecule has 148 valence electrons. The van der Waals surface area contributed by atoms with Crippen LogP contribution in [0.4, 0.5) is 0 Å². The summed E-state index contributed by atoms with van der Waals surface area (Å²) >= 11 is 0. The average Bonchev–Trinajstić information content (AvgIpc) is 3.38. The maximum atomic E-state index is 13.4. The number of aromatic nitrogens is 1. The van der Waals surface area contributed by atoms with Crippen LogP contribution in [0.2, 0.25) is 0 Å². The smallest absolute Gasteiger partial charge is 0.234 e. The number of aryl methyl sites for hydroxylation is 1. The molecule has 8 heteroatoms. The van der Waals surface area contributed by atoms with Crippen molar-refractivity contribution >= 4 is 11.7 Å². The summed E-state index contributed by atoms with van der Waals surface area (Å²) in [6.07, 6.45) is 3.91. The lowest BCUT2D eigenvalue weighted by Gasteiger charge is -2.30. The third kappa shape index (κ3) is 3.31. The number of hydrogen-bond acceptors (Lipinski definition) is 7. The number of nitrogens with one attached hydrogen (secondary N) is 1. The van der Waals surface area contributed by atoms with Gasteiger partial charge in [0.15, 0.2) is 5.84 Å². The molecule has 1 aromatic heterocycles. The highest BCUT2D eigenvalue weighted by Crippen LogP contribution is 2.36. The van der Waals surface area contributed by atoms with Gasteiger partial charge >= 0.3 is 0 Å². The Morgan fingerprint density at radius 2 is 2.15 bits per heavy atom. The highest BCUT2D eigenvalue weighted by atomic mass is 16.7. The molecule has 1 aliphatic carbocycles. The number of β-amino-alcohol motifs (C(OH)–C–C–N with tert-alkyl or cyclic N) is 1. The lowest BCUT2D eigenvalue weighted by Crippen LogP contribution is -2.51. The fourth-order valence-corrected chi connectivity index (χ4v) is 4.48. The molecule has 3 atom stereocenters. The molecular weight excluding hydrogens is 348 g/mol. The molecule has 27 heavy (non-hydrogen) atoms. The average molecular weight is 376 g/mol. The Morgan fingerprint density at radius 1 is 1.41 bits per heavy atom. The fourth-order valence-electron chi connectivity index (χ4n) is 4.48. The van der Waals surface area contributed by atoms with Gasteiger partial charge < -0.3 is 24.7 Å². The molecule has 2 N–H and O–H groups in total. The number of amidine groups is 1. The molecule has 8 nitrogen and oxygen atoms in total. The summed E-state index contributed by atoms with van der Waals surface area (Å²) in [5, 5.41) is 21.9. The maximum absolute atomic E-state index is 13.4. The number of hydrogen-bond donors (Lipinski definition) is 2. The van der Waals surface area contributed by atoms with Crippen molar-refractivity contribution in [3.05, 3.63) is 17.5 Å². The zero-order chi connectivity index (χ0) is 19.2. The standard InChI is InChI=1S/C19H28N4O4/c1-11(2)16(15-8-12(3)21-26-15)18(25)23-10-13(24)9-14(23)17-20-19(27-22-17)6-4-5-7-19/h8,11,13-14,16,24H,4-7,9-10H2,1-3H3,(H,20,22)/t13-,14+,16+/m1/s1. The third-order valence-corrected chi connectivity index (χ3v) is 5.85. The van der Waals surface area contributed by atoms with Crippen LogP contribution >= 0.6 is 0 Å². The number of amides is 1. The Labute approximate surface area is 158 Å². The van der Waals surface area contributed by atoms with Gasteiger partial charge in [-0.25, -0.2) is 0 Å². The monoisotopic (exact) mass is 376 g/mol. The van der Waals surface area contributed by atoms with E-state index in [1.54, 1.807) is 4.90 Å². The van der Waals surface area contributed by atoms with E-state index in [4.69, 9.17) is 9.36 Å². The lowest BCUT2D eigenvalue weighted by molar-refractivity contribution is -0.134. The summed E-state index contributed by atoms with van der Waals surface area (Å²) in [5.41, 5.74) is 0.330. The molecule has 1 amide bonds. The molecular formula is C19H28N4O4. The van der Waals surface area contributed by atoms with Crippen LogP contribution in [0.5, 0.6) is 0 Å². The Balaban J connectivity index is 1.56. The van der Waals surface area contributed by atoms with E-state index in [9.17, 15) is 9.90 Å². The van der Waals surface area contributed by atoms with Gasteiger partial charge in [-0.15, -0.1) is 0 Å². The maximum Gasteiger partial charge on any atom is 0.234 e. The highest BCUT2D eigenvalue weighted by Gasteiger charge is 2.48. The minimum Gasteiger partial charge on any atom is -0.391 e. The summed E-state index contributed by atoms with van der Waals surface area (Å²) < 4.78 is 5.40. The van der Waals surface area contributed by atoms with Crippen molar-refractivity contribution in [3.8, 4) is 0 Å². The molecule has 2 fully saturated rings. The van der Waals surface area contributed by atoms with Crippen LogP contribution in [0.15, 0.2) is 15.7 Å². The predicted octanol–water partition coefficient (Wildman–Crippen LogP) is 1.89. The second-order valence-corrected chi connectivity index (χ2v) is 8.38. The molecule has 0 unspecified atom stereocenters. The quantitative estimate of drug-likeness (QED) is 0.832. The van der Waals surface area contributed by atoms with E-state index >= 15 is 0 Å². The number of aliphatic hydroxyl groups is 1. The molecule has 2 aliphatic heterocycles. The van der Waals surface area contributed by atoms with Gasteiger partial charge in [-0.3, -0.25) is 4.79 Å². The van der Waals surface area contributed by atoms with Crippen LogP contribution < -0.4 is 5.32 Å². The Kier molecular flexibility index (Phi) is 4.61. The summed E-state index contributed by atoms with van der Waals surface area (Å²) in [7, 11) is 0. The predicted molar refractivity (Wildman–Crippen MR) is 97.8 cm³/mol. The van der Waals surface area contributed by atoms with Crippen LogP contribution in [-0.2, 0) is 9.63 Å². The van der Waals surface area contributed by atoms with Crippen molar-refractivity contribution in [1.82, 2.24) is 15.4 Å². The molecule has 0 radical (unpaired) electrons. The van der Waals surface area contributed by atoms with Gasteiger partial charge in [-0.05, 0) is 25.7 Å². The Hall–Kier alpha value is -2.09. The molecule has 3 aliphatic rings. The number of carbonyl (C=O) groups is 1. The van der Waals surface area contributed by atoms with Crippen LogP contribution in [0.25, 0.3) is 0 Å². The molecule has 1 spiro atoms. The fraction of sp³-hybridized carbons (Fsp3) is 0.737. The first-order valence-electron chi connectivity index (χ1n) is 9.84. The van der Waals surface area contributed by atoms with Crippen molar-refractivity contribution in [2.24, 2.45) is 11.1 Å². The first-order valence-corrected chi connectivity index (χ1v) is 9.84. The van der Waals surface area contributed by atoms with E-state index in [0.29, 0.717) is 18.0 Å². The van der Waals surface area contributed by atoms with Gasteiger partial charge in [0.1, 0.15) is 11.7 Å². The van der Waals surface area contributed by atoms with Gasteiger partial charge in [0.2, 0.25) is 11.6 Å². The Bertz CT molecular complexity index is 738. The van der Waals surface area contributed by atoms with Gasteiger partial charge in [-0.1, -0.05) is 24.2 Å². The number of oxime groups is 1. The summed E-state index contributed by atoms with van der Waals surface area (Å²) in [6, 6.07) is 1.50. The topological polar surface area (TPSA) is 100 Å². The second-order valence-electron chi connectivity index (χ2n) is 8.38. The van der Waals surface area contributed by atoms with E-state index in [0.717, 1.165) is 31.4 Å². The van der Waals surface area contributed by atoms with E-state index < -0.39 is 17.7 Å². The molecule has 1 saturated carbocycles. The van der Waals surface area contributed by atoms with Crippen molar-refractivity contribution in [2.45, 2.75) is 76.7 Å². The number of nitrogens with zero attached hydrogens (tertiary/aromatic N) is 3. The van der Waals surface area contributed by atoms with E-state index in [-0.39, 0.29) is 24.4 Å². The van der Waals surface area contributed by atoms with Crippen molar-refractivity contribution in [2.75, 3.05) is 6.54 Å². The zero-order valence-electron chi connectivity index (χ0n) is 16.1. The number of aliphatic hydroxyl groups excluding tert-OH is 1. The Morgan fingerprint density at radius 3 is 2.78 bits per heavy atom. The molecule has 4 rings (SSSR count). The normalized spacial score (nSPS) is 27.7. The van der Waals surface area contributed by atoms with Crippen molar-refractivity contribution in [3.63, 3.8) is 0 Å². The largest absolute Gasteiger partial charge is 0.391 e. The highest BCUT2D eigenvalue weighted by molar-refractivity contribution is 5.94. The molecule has 0 aromatic carbocycles. The second kappa shape index (κ2) is 6.82. The van der Waals surface area contributed by atoms with Gasteiger partial charge in [0.25, 0.3) is 0 Å². The number of likely N-dealkylation sites (tertiary alicyclic amines) is 1. The number of carbonyl (C=O) groups excluding carboxylic acids is 1. The number of rotatable bonds is 4. The molecule has 1 aromatic rings. The van der Waals surface area contributed by atoms with Gasteiger partial charge in [0.05, 0.1) is 17.8 Å². The van der Waals surface area contributed by atoms with Gasteiger partial charge in [-0.2, -0.15) is 0 Å². The van der Waals surface area contributed by atoms with E-state index in [1.165, 1.54) is 0 Å². The minimum absolute atomic E-state index is 0.0409. The van der Waals surface area contributed by atoms with Crippen LogP contribution in [0.3, 0.4) is 0 Å². The van der Waals surface area contributed by atoms with Crippen LogP contribution in [0.1, 0.15) is 63.3 Å².